The highest BCUT2D eigenvalue weighted by Gasteiger charge is 2.14. The topological polar surface area (TPSA) is 54.4 Å². The minimum atomic E-state index is -4.29. The number of halogens is 2. The Morgan fingerprint density at radius 2 is 2.00 bits per heavy atom. The van der Waals surface area contributed by atoms with Gasteiger partial charge < -0.3 is 0 Å². The summed E-state index contributed by atoms with van der Waals surface area (Å²) in [6, 6.07) is 0. The Labute approximate surface area is 57.8 Å². The predicted molar refractivity (Wildman–Crippen MR) is 31.9 cm³/mol. The van der Waals surface area contributed by atoms with Crippen molar-refractivity contribution in [3.05, 3.63) is 0 Å². The first kappa shape index (κ1) is 9.77. The van der Waals surface area contributed by atoms with Gasteiger partial charge in [-0.1, -0.05) is 0 Å². The SMILES string of the molecule is O=S(=O)(O)CC(F)CCF. The Balaban J connectivity index is 3.69. The molecule has 6 heteroatoms. The lowest BCUT2D eigenvalue weighted by molar-refractivity contribution is 0.301. The van der Waals surface area contributed by atoms with Gasteiger partial charge in [0.1, 0.15) is 11.9 Å². The molecular formula is C4H8F2O3S. The van der Waals surface area contributed by atoms with Gasteiger partial charge in [0.2, 0.25) is 0 Å². The summed E-state index contributed by atoms with van der Waals surface area (Å²) in [5, 5.41) is 0. The van der Waals surface area contributed by atoms with Gasteiger partial charge in [0.05, 0.1) is 6.67 Å². The molecule has 10 heavy (non-hydrogen) atoms. The van der Waals surface area contributed by atoms with Gasteiger partial charge in [0.25, 0.3) is 10.1 Å². The van der Waals surface area contributed by atoms with Crippen LogP contribution in [0.25, 0.3) is 0 Å². The maximum Gasteiger partial charge on any atom is 0.267 e. The van der Waals surface area contributed by atoms with E-state index < -0.39 is 35.1 Å². The Bertz CT molecular complexity index is 177. The standard InChI is InChI=1S/C4H8F2O3S/c5-2-1-4(6)3-10(7,8)9/h4H,1-3H2,(H,7,8,9). The number of hydrogen-bond donors (Lipinski definition) is 1. The summed E-state index contributed by atoms with van der Waals surface area (Å²) in [7, 11) is -4.29. The van der Waals surface area contributed by atoms with Crippen LogP contribution in [0.1, 0.15) is 6.42 Å². The van der Waals surface area contributed by atoms with Gasteiger partial charge in [-0.2, -0.15) is 8.42 Å². The number of hydrogen-bond acceptors (Lipinski definition) is 2. The molecular weight excluding hydrogens is 166 g/mol. The minimum absolute atomic E-state index is 0.486. The first-order valence-corrected chi connectivity index (χ1v) is 4.22. The van der Waals surface area contributed by atoms with E-state index in [1.54, 1.807) is 0 Å². The second-order valence-corrected chi connectivity index (χ2v) is 3.32. The Morgan fingerprint density at radius 3 is 2.30 bits per heavy atom. The Hall–Kier alpha value is -0.230. The van der Waals surface area contributed by atoms with Crippen molar-refractivity contribution in [3.63, 3.8) is 0 Å². The summed E-state index contributed by atoms with van der Waals surface area (Å²) < 4.78 is 51.3. The van der Waals surface area contributed by atoms with Crippen LogP contribution in [0, 0.1) is 0 Å². The molecule has 0 saturated carbocycles. The van der Waals surface area contributed by atoms with Crippen LogP contribution in [-0.4, -0.2) is 31.6 Å². The minimum Gasteiger partial charge on any atom is -0.285 e. The lowest BCUT2D eigenvalue weighted by Crippen LogP contribution is -2.16. The highest BCUT2D eigenvalue weighted by atomic mass is 32.2. The summed E-state index contributed by atoms with van der Waals surface area (Å²) in [6.45, 7) is -0.920. The van der Waals surface area contributed by atoms with Gasteiger partial charge >= 0.3 is 0 Å². The van der Waals surface area contributed by atoms with E-state index in [1.807, 2.05) is 0 Å². The quantitative estimate of drug-likeness (QED) is 0.634. The van der Waals surface area contributed by atoms with E-state index in [2.05, 4.69) is 0 Å². The van der Waals surface area contributed by atoms with Crippen LogP contribution in [-0.2, 0) is 10.1 Å². The fourth-order valence-corrected chi connectivity index (χ4v) is 1.05. The molecule has 0 aliphatic heterocycles. The molecule has 0 amide bonds. The van der Waals surface area contributed by atoms with E-state index in [0.717, 1.165) is 0 Å². The number of alkyl halides is 2. The van der Waals surface area contributed by atoms with Gasteiger partial charge in [-0.05, 0) is 0 Å². The molecule has 1 N–H and O–H groups in total. The summed E-state index contributed by atoms with van der Waals surface area (Å²) in [4.78, 5) is 0. The van der Waals surface area contributed by atoms with E-state index in [0.29, 0.717) is 0 Å². The second-order valence-electron chi connectivity index (χ2n) is 1.82. The van der Waals surface area contributed by atoms with E-state index in [9.17, 15) is 17.2 Å². The summed E-state index contributed by atoms with van der Waals surface area (Å²) >= 11 is 0. The van der Waals surface area contributed by atoms with E-state index in [4.69, 9.17) is 4.55 Å². The summed E-state index contributed by atoms with van der Waals surface area (Å²) in [6.07, 6.45) is -2.29. The molecule has 0 radical (unpaired) electrons. The van der Waals surface area contributed by atoms with Crippen molar-refractivity contribution in [1.82, 2.24) is 0 Å². The van der Waals surface area contributed by atoms with Crippen molar-refractivity contribution >= 4 is 10.1 Å². The molecule has 0 saturated heterocycles. The summed E-state index contributed by atoms with van der Waals surface area (Å²) in [5.74, 6) is -1.02. The van der Waals surface area contributed by atoms with Crippen LogP contribution in [0.5, 0.6) is 0 Å². The molecule has 0 rings (SSSR count). The lowest BCUT2D eigenvalue weighted by Gasteiger charge is -2.00. The molecule has 3 nitrogen and oxygen atoms in total. The molecule has 0 aromatic rings. The van der Waals surface area contributed by atoms with Crippen LogP contribution in [0.4, 0.5) is 8.78 Å². The Kier molecular flexibility index (Phi) is 3.73. The van der Waals surface area contributed by atoms with Crippen LogP contribution >= 0.6 is 0 Å². The fraction of sp³-hybridized carbons (Fsp3) is 1.00. The third-order valence-corrected chi connectivity index (χ3v) is 1.60. The fourth-order valence-electron chi connectivity index (χ4n) is 0.430. The molecule has 0 bridgehead atoms. The van der Waals surface area contributed by atoms with Crippen LogP contribution in [0.15, 0.2) is 0 Å². The van der Waals surface area contributed by atoms with Gasteiger partial charge in [0.15, 0.2) is 0 Å². The number of rotatable bonds is 4. The molecule has 1 unspecified atom stereocenters. The highest BCUT2D eigenvalue weighted by molar-refractivity contribution is 7.85. The molecule has 0 spiro atoms. The second kappa shape index (κ2) is 3.82. The molecule has 0 aromatic heterocycles. The van der Waals surface area contributed by atoms with Gasteiger partial charge in [-0.25, -0.2) is 4.39 Å². The van der Waals surface area contributed by atoms with Gasteiger partial charge in [-0.3, -0.25) is 8.94 Å². The maximum atomic E-state index is 12.1. The Morgan fingerprint density at radius 1 is 1.50 bits per heavy atom. The van der Waals surface area contributed by atoms with Crippen molar-refractivity contribution in [2.24, 2.45) is 0 Å². The molecule has 0 aliphatic carbocycles. The molecule has 0 aliphatic rings. The zero-order valence-electron chi connectivity index (χ0n) is 5.13. The normalized spacial score (nSPS) is 15.1. The van der Waals surface area contributed by atoms with Crippen molar-refractivity contribution in [3.8, 4) is 0 Å². The van der Waals surface area contributed by atoms with Gasteiger partial charge in [-0.15, -0.1) is 0 Å². The van der Waals surface area contributed by atoms with E-state index in [1.165, 1.54) is 0 Å². The van der Waals surface area contributed by atoms with Crippen LogP contribution in [0.2, 0.25) is 0 Å². The van der Waals surface area contributed by atoms with Crippen LogP contribution in [0.3, 0.4) is 0 Å². The average molecular weight is 174 g/mol. The maximum absolute atomic E-state index is 12.1. The molecule has 0 fully saturated rings. The monoisotopic (exact) mass is 174 g/mol. The third kappa shape index (κ3) is 5.90. The van der Waals surface area contributed by atoms with Crippen molar-refractivity contribution in [2.45, 2.75) is 12.6 Å². The lowest BCUT2D eigenvalue weighted by atomic mass is 10.3. The van der Waals surface area contributed by atoms with Crippen molar-refractivity contribution in [1.29, 1.82) is 0 Å². The molecule has 1 atom stereocenters. The van der Waals surface area contributed by atoms with Crippen molar-refractivity contribution < 1.29 is 21.8 Å². The predicted octanol–water partition coefficient (Wildman–Crippen LogP) is 0.572. The molecule has 0 aromatic carbocycles. The zero-order valence-corrected chi connectivity index (χ0v) is 5.94. The zero-order chi connectivity index (χ0) is 8.20. The average Bonchev–Trinajstić information content (AvgIpc) is 1.59. The highest BCUT2D eigenvalue weighted by Crippen LogP contribution is 2.01. The largest absolute Gasteiger partial charge is 0.285 e. The first-order valence-electron chi connectivity index (χ1n) is 2.61. The van der Waals surface area contributed by atoms with Gasteiger partial charge in [0, 0.05) is 6.42 Å². The van der Waals surface area contributed by atoms with E-state index >= 15 is 0 Å². The van der Waals surface area contributed by atoms with Crippen molar-refractivity contribution in [2.75, 3.05) is 12.4 Å². The van der Waals surface area contributed by atoms with E-state index in [-0.39, 0.29) is 0 Å². The van der Waals surface area contributed by atoms with Crippen LogP contribution < -0.4 is 0 Å². The molecule has 62 valence electrons. The third-order valence-electron chi connectivity index (χ3n) is 0.814. The summed E-state index contributed by atoms with van der Waals surface area (Å²) in [5.41, 5.74) is 0. The smallest absolute Gasteiger partial charge is 0.267 e. The molecule has 0 heterocycles. The first-order chi connectivity index (χ1) is 4.45.